The molecule has 0 unspecified atom stereocenters. The van der Waals surface area contributed by atoms with Crippen molar-refractivity contribution in [2.75, 3.05) is 30.8 Å². The van der Waals surface area contributed by atoms with E-state index in [4.69, 9.17) is 5.73 Å². The van der Waals surface area contributed by atoms with Crippen LogP contribution >= 0.6 is 11.8 Å². The van der Waals surface area contributed by atoms with E-state index in [1.54, 1.807) is 11.8 Å². The van der Waals surface area contributed by atoms with Crippen molar-refractivity contribution >= 4 is 28.5 Å². The van der Waals surface area contributed by atoms with E-state index in [-0.39, 0.29) is 0 Å². The van der Waals surface area contributed by atoms with Crippen LogP contribution in [-0.4, -0.2) is 35.9 Å². The fourth-order valence-electron chi connectivity index (χ4n) is 2.47. The summed E-state index contributed by atoms with van der Waals surface area (Å²) >= 11 is 1.74. The Morgan fingerprint density at radius 2 is 2.16 bits per heavy atom. The number of aryl methyl sites for hydroxylation is 1. The lowest BCUT2D eigenvalue weighted by Gasteiger charge is -2.40. The molecule has 0 aliphatic carbocycles. The second-order valence-corrected chi connectivity index (χ2v) is 5.86. The van der Waals surface area contributed by atoms with Crippen molar-refractivity contribution in [1.82, 2.24) is 9.97 Å². The van der Waals surface area contributed by atoms with Gasteiger partial charge in [0.2, 0.25) is 0 Å². The quantitative estimate of drug-likeness (QED) is 0.868. The summed E-state index contributed by atoms with van der Waals surface area (Å²) in [6.07, 6.45) is 2.08. The Morgan fingerprint density at radius 3 is 2.84 bits per heavy atom. The SMILES string of the molecule is CSc1ccc2c(N3CC(CN)C3)nc(C)nc2c1. The minimum absolute atomic E-state index is 0.607. The van der Waals surface area contributed by atoms with Crippen LogP contribution in [0.5, 0.6) is 0 Å². The van der Waals surface area contributed by atoms with Crippen LogP contribution in [0.1, 0.15) is 5.82 Å². The third kappa shape index (κ3) is 2.28. The van der Waals surface area contributed by atoms with Gasteiger partial charge in [-0.3, -0.25) is 0 Å². The molecule has 1 aliphatic rings. The van der Waals surface area contributed by atoms with Crippen LogP contribution < -0.4 is 10.6 Å². The molecule has 0 amide bonds. The van der Waals surface area contributed by atoms with Crippen molar-refractivity contribution in [3.8, 4) is 0 Å². The molecule has 3 rings (SSSR count). The Hall–Kier alpha value is -1.33. The standard InChI is InChI=1S/C14H18N4S/c1-9-16-13-5-11(19-2)3-4-12(13)14(17-9)18-7-10(6-15)8-18/h3-5,10H,6-8,15H2,1-2H3. The first-order chi connectivity index (χ1) is 9.21. The van der Waals surface area contributed by atoms with E-state index in [1.165, 1.54) is 4.90 Å². The van der Waals surface area contributed by atoms with E-state index in [9.17, 15) is 0 Å². The van der Waals surface area contributed by atoms with E-state index >= 15 is 0 Å². The molecule has 1 saturated heterocycles. The summed E-state index contributed by atoms with van der Waals surface area (Å²) in [5.74, 6) is 2.49. The summed E-state index contributed by atoms with van der Waals surface area (Å²) < 4.78 is 0. The number of nitrogens with two attached hydrogens (primary N) is 1. The van der Waals surface area contributed by atoms with Crippen molar-refractivity contribution in [3.05, 3.63) is 24.0 Å². The van der Waals surface area contributed by atoms with Crippen LogP contribution in [0.2, 0.25) is 0 Å². The molecule has 2 N–H and O–H groups in total. The summed E-state index contributed by atoms with van der Waals surface area (Å²) in [5.41, 5.74) is 6.73. The normalized spacial score (nSPS) is 15.8. The molecule has 1 aromatic carbocycles. The van der Waals surface area contributed by atoms with Crippen molar-refractivity contribution < 1.29 is 0 Å². The smallest absolute Gasteiger partial charge is 0.140 e. The Labute approximate surface area is 117 Å². The molecule has 0 saturated carbocycles. The van der Waals surface area contributed by atoms with Gasteiger partial charge in [-0.2, -0.15) is 0 Å². The first kappa shape index (κ1) is 12.7. The topological polar surface area (TPSA) is 55.0 Å². The highest BCUT2D eigenvalue weighted by Crippen LogP contribution is 2.31. The van der Waals surface area contributed by atoms with Gasteiger partial charge in [-0.25, -0.2) is 9.97 Å². The van der Waals surface area contributed by atoms with Crippen molar-refractivity contribution in [1.29, 1.82) is 0 Å². The minimum Gasteiger partial charge on any atom is -0.355 e. The number of aromatic nitrogens is 2. The van der Waals surface area contributed by atoms with Gasteiger partial charge in [-0.05, 0) is 37.9 Å². The van der Waals surface area contributed by atoms with Gasteiger partial charge in [-0.15, -0.1) is 11.8 Å². The summed E-state index contributed by atoms with van der Waals surface area (Å²) in [5, 5.41) is 1.14. The molecule has 2 aromatic rings. The Kier molecular flexibility index (Phi) is 3.33. The zero-order valence-corrected chi connectivity index (χ0v) is 12.1. The van der Waals surface area contributed by atoms with Crippen LogP contribution in [0, 0.1) is 12.8 Å². The second kappa shape index (κ2) is 4.98. The van der Waals surface area contributed by atoms with Gasteiger partial charge in [0.25, 0.3) is 0 Å². The number of rotatable bonds is 3. The number of fused-ring (bicyclic) bond motifs is 1. The molecule has 5 heteroatoms. The van der Waals surface area contributed by atoms with Gasteiger partial charge in [-0.1, -0.05) is 0 Å². The average Bonchev–Trinajstić information content (AvgIpc) is 2.36. The lowest BCUT2D eigenvalue weighted by atomic mass is 10.00. The maximum absolute atomic E-state index is 5.69. The summed E-state index contributed by atoms with van der Waals surface area (Å²) in [6.45, 7) is 4.72. The van der Waals surface area contributed by atoms with Crippen molar-refractivity contribution in [3.63, 3.8) is 0 Å². The molecule has 19 heavy (non-hydrogen) atoms. The second-order valence-electron chi connectivity index (χ2n) is 4.98. The van der Waals surface area contributed by atoms with Crippen LogP contribution in [0.4, 0.5) is 5.82 Å². The van der Waals surface area contributed by atoms with Crippen LogP contribution in [0.25, 0.3) is 10.9 Å². The van der Waals surface area contributed by atoms with E-state index in [1.807, 2.05) is 6.92 Å². The lowest BCUT2D eigenvalue weighted by molar-refractivity contribution is 0.418. The maximum Gasteiger partial charge on any atom is 0.140 e. The van der Waals surface area contributed by atoms with Gasteiger partial charge >= 0.3 is 0 Å². The van der Waals surface area contributed by atoms with E-state index in [2.05, 4.69) is 39.3 Å². The Balaban J connectivity index is 2.04. The van der Waals surface area contributed by atoms with Gasteiger partial charge in [0.1, 0.15) is 11.6 Å². The number of anilines is 1. The molecular formula is C14H18N4S. The van der Waals surface area contributed by atoms with Crippen LogP contribution in [-0.2, 0) is 0 Å². The average molecular weight is 274 g/mol. The molecule has 4 nitrogen and oxygen atoms in total. The molecule has 0 radical (unpaired) electrons. The highest BCUT2D eigenvalue weighted by Gasteiger charge is 2.28. The summed E-state index contributed by atoms with van der Waals surface area (Å²) in [6, 6.07) is 6.40. The van der Waals surface area contributed by atoms with Crippen LogP contribution in [0.15, 0.2) is 23.1 Å². The van der Waals surface area contributed by atoms with Crippen LogP contribution in [0.3, 0.4) is 0 Å². The molecule has 0 atom stereocenters. The predicted octanol–water partition coefficient (Wildman–Crippen LogP) is 2.06. The molecule has 1 aliphatic heterocycles. The highest BCUT2D eigenvalue weighted by molar-refractivity contribution is 7.98. The summed E-state index contributed by atoms with van der Waals surface area (Å²) in [7, 11) is 0. The molecule has 0 spiro atoms. The zero-order valence-electron chi connectivity index (χ0n) is 11.3. The van der Waals surface area contributed by atoms with E-state index < -0.39 is 0 Å². The first-order valence-corrected chi connectivity index (χ1v) is 7.71. The Bertz CT molecular complexity index is 608. The van der Waals surface area contributed by atoms with Crippen molar-refractivity contribution in [2.24, 2.45) is 11.7 Å². The first-order valence-electron chi connectivity index (χ1n) is 6.48. The number of nitrogens with zero attached hydrogens (tertiary/aromatic N) is 3. The molecule has 100 valence electrons. The zero-order chi connectivity index (χ0) is 13.4. The number of hydrogen-bond acceptors (Lipinski definition) is 5. The lowest BCUT2D eigenvalue weighted by Crippen LogP contribution is -2.50. The number of thioether (sulfide) groups is 1. The van der Waals surface area contributed by atoms with Gasteiger partial charge in [0.05, 0.1) is 5.52 Å². The minimum atomic E-state index is 0.607. The molecule has 1 fully saturated rings. The molecular weight excluding hydrogens is 256 g/mol. The summed E-state index contributed by atoms with van der Waals surface area (Å²) in [4.78, 5) is 12.7. The Morgan fingerprint density at radius 1 is 1.37 bits per heavy atom. The fraction of sp³-hybridized carbons (Fsp3) is 0.429. The van der Waals surface area contributed by atoms with Gasteiger partial charge in [0.15, 0.2) is 0 Å². The third-order valence-electron chi connectivity index (χ3n) is 3.59. The van der Waals surface area contributed by atoms with Gasteiger partial charge < -0.3 is 10.6 Å². The van der Waals surface area contributed by atoms with E-state index in [0.29, 0.717) is 5.92 Å². The third-order valence-corrected chi connectivity index (χ3v) is 4.31. The van der Waals surface area contributed by atoms with Gasteiger partial charge in [0, 0.05) is 29.3 Å². The van der Waals surface area contributed by atoms with E-state index in [0.717, 1.165) is 42.2 Å². The molecule has 0 bridgehead atoms. The fourth-order valence-corrected chi connectivity index (χ4v) is 2.90. The number of hydrogen-bond donors (Lipinski definition) is 1. The maximum atomic E-state index is 5.69. The van der Waals surface area contributed by atoms with Crippen molar-refractivity contribution in [2.45, 2.75) is 11.8 Å². The molecule has 2 heterocycles. The monoisotopic (exact) mass is 274 g/mol. The molecule has 1 aromatic heterocycles. The highest BCUT2D eigenvalue weighted by atomic mass is 32.2. The largest absolute Gasteiger partial charge is 0.355 e. The predicted molar refractivity (Wildman–Crippen MR) is 80.8 cm³/mol. The number of benzene rings is 1.